The number of sulfonamides is 1. The molecule has 28 heavy (non-hydrogen) atoms. The van der Waals surface area contributed by atoms with E-state index in [0.29, 0.717) is 18.7 Å². The SMILES string of the molecule is CCCCCCCN(CCCCCCC)S(=O)(=O)C1(C)C=CC=C(C#N)C1C. The molecule has 1 aliphatic carbocycles. The average Bonchev–Trinajstić information content (AvgIpc) is 2.67. The van der Waals surface area contributed by atoms with Gasteiger partial charge in [0.2, 0.25) is 10.0 Å². The van der Waals surface area contributed by atoms with E-state index >= 15 is 0 Å². The largest absolute Gasteiger partial charge is 0.223 e. The fourth-order valence-corrected chi connectivity index (χ4v) is 5.92. The van der Waals surface area contributed by atoms with Crippen LogP contribution in [-0.4, -0.2) is 30.6 Å². The molecule has 0 radical (unpaired) electrons. The first-order chi connectivity index (χ1) is 13.3. The number of nitriles is 1. The molecule has 2 atom stereocenters. The van der Waals surface area contributed by atoms with Gasteiger partial charge in [-0.15, -0.1) is 0 Å². The van der Waals surface area contributed by atoms with Crippen molar-refractivity contribution in [2.45, 2.75) is 96.7 Å². The van der Waals surface area contributed by atoms with E-state index in [4.69, 9.17) is 0 Å². The van der Waals surface area contributed by atoms with Crippen LogP contribution in [0.4, 0.5) is 0 Å². The smallest absolute Gasteiger partial charge is 0.211 e. The van der Waals surface area contributed by atoms with Crippen molar-refractivity contribution in [1.82, 2.24) is 4.31 Å². The maximum absolute atomic E-state index is 13.7. The van der Waals surface area contributed by atoms with E-state index in [-0.39, 0.29) is 5.92 Å². The molecule has 0 aliphatic heterocycles. The number of hydrogen-bond donors (Lipinski definition) is 0. The summed E-state index contributed by atoms with van der Waals surface area (Å²) in [5.41, 5.74) is 0.541. The molecule has 2 unspecified atom stereocenters. The summed E-state index contributed by atoms with van der Waals surface area (Å²) in [4.78, 5) is 0. The summed E-state index contributed by atoms with van der Waals surface area (Å²) in [7, 11) is -3.55. The lowest BCUT2D eigenvalue weighted by molar-refractivity contribution is 0.362. The lowest BCUT2D eigenvalue weighted by atomic mass is 9.84. The van der Waals surface area contributed by atoms with E-state index in [9.17, 15) is 13.7 Å². The third-order valence-electron chi connectivity index (χ3n) is 6.08. The topological polar surface area (TPSA) is 61.2 Å². The van der Waals surface area contributed by atoms with E-state index in [1.54, 1.807) is 29.5 Å². The van der Waals surface area contributed by atoms with Crippen LogP contribution in [0.3, 0.4) is 0 Å². The fourth-order valence-electron chi connectivity index (χ4n) is 3.80. The van der Waals surface area contributed by atoms with E-state index in [0.717, 1.165) is 38.5 Å². The van der Waals surface area contributed by atoms with Crippen LogP contribution < -0.4 is 0 Å². The number of rotatable bonds is 14. The Labute approximate surface area is 173 Å². The molecule has 160 valence electrons. The maximum Gasteiger partial charge on any atom is 0.223 e. The van der Waals surface area contributed by atoms with Gasteiger partial charge in [-0.2, -0.15) is 5.26 Å². The van der Waals surface area contributed by atoms with Crippen molar-refractivity contribution in [3.8, 4) is 6.07 Å². The minimum atomic E-state index is -3.55. The molecule has 0 N–H and O–H groups in total. The zero-order valence-electron chi connectivity index (χ0n) is 18.4. The van der Waals surface area contributed by atoms with Crippen LogP contribution in [0.1, 0.15) is 91.9 Å². The molecule has 5 heteroatoms. The van der Waals surface area contributed by atoms with Crippen molar-refractivity contribution in [1.29, 1.82) is 5.26 Å². The molecule has 0 aromatic heterocycles. The molecule has 0 saturated carbocycles. The number of hydrogen-bond acceptors (Lipinski definition) is 3. The van der Waals surface area contributed by atoms with Crippen LogP contribution in [0.5, 0.6) is 0 Å². The molecule has 4 nitrogen and oxygen atoms in total. The van der Waals surface area contributed by atoms with E-state index in [1.807, 2.05) is 6.92 Å². The highest BCUT2D eigenvalue weighted by Crippen LogP contribution is 2.38. The molecule has 0 bridgehead atoms. The molecule has 0 saturated heterocycles. The van der Waals surface area contributed by atoms with Gasteiger partial charge < -0.3 is 0 Å². The molecule has 1 aliphatic rings. The van der Waals surface area contributed by atoms with Gasteiger partial charge in [0.05, 0.1) is 6.07 Å². The van der Waals surface area contributed by atoms with Crippen LogP contribution in [0, 0.1) is 17.2 Å². The zero-order valence-corrected chi connectivity index (χ0v) is 19.2. The molecule has 0 spiro atoms. The van der Waals surface area contributed by atoms with E-state index in [1.165, 1.54) is 25.7 Å². The quantitative estimate of drug-likeness (QED) is 0.332. The minimum Gasteiger partial charge on any atom is -0.211 e. The van der Waals surface area contributed by atoms with Gasteiger partial charge in [0.15, 0.2) is 0 Å². The van der Waals surface area contributed by atoms with Crippen LogP contribution in [0.15, 0.2) is 23.8 Å². The Bertz CT molecular complexity index is 647. The summed E-state index contributed by atoms with van der Waals surface area (Å²) >= 11 is 0. The number of unbranched alkanes of at least 4 members (excludes halogenated alkanes) is 8. The summed E-state index contributed by atoms with van der Waals surface area (Å²) in [6, 6.07) is 2.18. The predicted molar refractivity (Wildman–Crippen MR) is 118 cm³/mol. The third-order valence-corrected chi connectivity index (χ3v) is 8.72. The summed E-state index contributed by atoms with van der Waals surface area (Å²) < 4.78 is 28.0. The maximum atomic E-state index is 13.7. The van der Waals surface area contributed by atoms with Crippen LogP contribution >= 0.6 is 0 Å². The molecule has 0 aromatic carbocycles. The standard InChI is InChI=1S/C23H40N2O2S/c1-5-7-9-11-13-18-25(19-14-12-10-8-6-2)28(26,27)23(4)17-15-16-22(20-24)21(23)3/h15-17,21H,5-14,18-19H2,1-4H3. The number of allylic oxidation sites excluding steroid dienone is 3. The molecule has 0 amide bonds. The van der Waals surface area contributed by atoms with Crippen molar-refractivity contribution >= 4 is 10.0 Å². The summed E-state index contributed by atoms with van der Waals surface area (Å²) in [6.07, 6.45) is 16.3. The first kappa shape index (κ1) is 24.9. The van der Waals surface area contributed by atoms with Gasteiger partial charge in [0.1, 0.15) is 4.75 Å². The second-order valence-corrected chi connectivity index (χ2v) is 10.6. The normalized spacial score (nSPS) is 22.3. The summed E-state index contributed by atoms with van der Waals surface area (Å²) in [5.74, 6) is -0.338. The van der Waals surface area contributed by atoms with Crippen molar-refractivity contribution in [2.75, 3.05) is 13.1 Å². The Hall–Kier alpha value is -1.12. The molecule has 1 rings (SSSR count). The Morgan fingerprint density at radius 2 is 1.50 bits per heavy atom. The van der Waals surface area contributed by atoms with Gasteiger partial charge in [0.25, 0.3) is 0 Å². The van der Waals surface area contributed by atoms with Gasteiger partial charge in [-0.3, -0.25) is 0 Å². The van der Waals surface area contributed by atoms with Gasteiger partial charge in [0, 0.05) is 24.6 Å². The Balaban J connectivity index is 2.90. The molecular weight excluding hydrogens is 368 g/mol. The molecule has 0 aromatic rings. The molecule has 0 heterocycles. The van der Waals surface area contributed by atoms with Crippen molar-refractivity contribution < 1.29 is 8.42 Å². The van der Waals surface area contributed by atoms with Crippen molar-refractivity contribution in [2.24, 2.45) is 5.92 Å². The Morgan fingerprint density at radius 3 is 1.96 bits per heavy atom. The fraction of sp³-hybridized carbons (Fsp3) is 0.783. The summed E-state index contributed by atoms with van der Waals surface area (Å²) in [5, 5.41) is 9.39. The minimum absolute atomic E-state index is 0.338. The predicted octanol–water partition coefficient (Wildman–Crippen LogP) is 5.97. The second-order valence-electron chi connectivity index (χ2n) is 8.23. The van der Waals surface area contributed by atoms with Crippen LogP contribution in [0.25, 0.3) is 0 Å². The highest BCUT2D eigenvalue weighted by atomic mass is 32.2. The van der Waals surface area contributed by atoms with Gasteiger partial charge in [-0.05, 0) is 25.8 Å². The Kier molecular flexibility index (Phi) is 11.1. The van der Waals surface area contributed by atoms with Crippen molar-refractivity contribution in [3.05, 3.63) is 23.8 Å². The highest BCUT2D eigenvalue weighted by molar-refractivity contribution is 7.90. The van der Waals surface area contributed by atoms with E-state index < -0.39 is 14.8 Å². The number of nitrogens with zero attached hydrogens (tertiary/aromatic N) is 2. The second kappa shape index (κ2) is 12.4. The summed E-state index contributed by atoms with van der Waals surface area (Å²) in [6.45, 7) is 9.17. The monoisotopic (exact) mass is 408 g/mol. The third kappa shape index (κ3) is 6.46. The average molecular weight is 409 g/mol. The van der Waals surface area contributed by atoms with Gasteiger partial charge in [-0.25, -0.2) is 12.7 Å². The van der Waals surface area contributed by atoms with Crippen LogP contribution in [-0.2, 0) is 10.0 Å². The lowest BCUT2D eigenvalue weighted by Gasteiger charge is -2.38. The zero-order chi connectivity index (χ0) is 21.0. The lowest BCUT2D eigenvalue weighted by Crippen LogP contribution is -2.50. The first-order valence-corrected chi connectivity index (χ1v) is 12.6. The van der Waals surface area contributed by atoms with E-state index in [2.05, 4.69) is 19.9 Å². The first-order valence-electron chi connectivity index (χ1n) is 11.1. The van der Waals surface area contributed by atoms with Crippen molar-refractivity contribution in [3.63, 3.8) is 0 Å². The molecular formula is C23H40N2O2S. The van der Waals surface area contributed by atoms with Gasteiger partial charge in [-0.1, -0.05) is 84.3 Å². The van der Waals surface area contributed by atoms with Gasteiger partial charge >= 0.3 is 0 Å². The highest BCUT2D eigenvalue weighted by Gasteiger charge is 2.47. The molecule has 0 fully saturated rings. The Morgan fingerprint density at radius 1 is 1.00 bits per heavy atom. The van der Waals surface area contributed by atoms with Crippen LogP contribution in [0.2, 0.25) is 0 Å².